The minimum absolute atomic E-state index is 0.189. The lowest BCUT2D eigenvalue weighted by atomic mass is 10.1. The van der Waals surface area contributed by atoms with E-state index >= 15 is 0 Å². The first-order valence-electron chi connectivity index (χ1n) is 11.7. The van der Waals surface area contributed by atoms with Crippen LogP contribution in [0.1, 0.15) is 38.2 Å². The van der Waals surface area contributed by atoms with Crippen LogP contribution in [-0.4, -0.2) is 57.0 Å². The summed E-state index contributed by atoms with van der Waals surface area (Å²) in [5, 5.41) is 0.719. The number of carbonyl (C=O) groups excluding carboxylic acids is 1. The molecule has 0 aliphatic carbocycles. The van der Waals surface area contributed by atoms with Gasteiger partial charge in [-0.15, -0.1) is 11.8 Å². The van der Waals surface area contributed by atoms with Crippen LogP contribution in [-0.2, 0) is 11.2 Å². The van der Waals surface area contributed by atoms with Gasteiger partial charge in [0.1, 0.15) is 0 Å². The van der Waals surface area contributed by atoms with E-state index in [4.69, 9.17) is 21.1 Å². The molecule has 0 unspecified atom stereocenters. The summed E-state index contributed by atoms with van der Waals surface area (Å²) in [5.74, 6) is 2.69. The lowest BCUT2D eigenvalue weighted by molar-refractivity contribution is -0.119. The fraction of sp³-hybridized carbons (Fsp3) is 0.500. The summed E-state index contributed by atoms with van der Waals surface area (Å²) in [6.45, 7) is 5.64. The fourth-order valence-electron chi connectivity index (χ4n) is 4.04. The molecule has 0 saturated heterocycles. The first kappa shape index (κ1) is 25.7. The maximum Gasteiger partial charge on any atom is 0.228 e. The second-order valence-corrected chi connectivity index (χ2v) is 9.82. The number of carbonyl (C=O) groups is 1. The molecule has 2 aromatic carbocycles. The van der Waals surface area contributed by atoms with E-state index in [0.29, 0.717) is 6.42 Å². The average molecular weight is 491 g/mol. The summed E-state index contributed by atoms with van der Waals surface area (Å²) in [5.41, 5.74) is 2.20. The molecule has 1 aliphatic rings. The maximum atomic E-state index is 13.2. The number of methoxy groups -OCH3 is 2. The van der Waals surface area contributed by atoms with Crippen LogP contribution < -0.4 is 14.4 Å². The third kappa shape index (κ3) is 7.29. The number of thioether (sulfide) groups is 1. The minimum atomic E-state index is 0.189. The number of benzene rings is 2. The van der Waals surface area contributed by atoms with Gasteiger partial charge >= 0.3 is 0 Å². The summed E-state index contributed by atoms with van der Waals surface area (Å²) < 4.78 is 10.8. The second kappa shape index (κ2) is 13.1. The van der Waals surface area contributed by atoms with Crippen LogP contribution >= 0.6 is 23.4 Å². The SMILES string of the molecule is CCCCN(CCC(=O)N1CCCSc2cc(Cl)ccc21)CCc1ccc(OC)c(OC)c1. The van der Waals surface area contributed by atoms with Gasteiger partial charge in [0.2, 0.25) is 5.91 Å². The number of fused-ring (bicyclic) bond motifs is 1. The van der Waals surface area contributed by atoms with Gasteiger partial charge in [-0.1, -0.05) is 31.0 Å². The second-order valence-electron chi connectivity index (χ2n) is 8.24. The zero-order valence-corrected chi connectivity index (χ0v) is 21.5. The highest BCUT2D eigenvalue weighted by Crippen LogP contribution is 2.36. The van der Waals surface area contributed by atoms with Crippen LogP contribution in [0.15, 0.2) is 41.3 Å². The number of unbranched alkanes of at least 4 members (excludes halogenated alkanes) is 1. The average Bonchev–Trinajstić information content (AvgIpc) is 3.05. The molecular weight excluding hydrogens is 456 g/mol. The Balaban J connectivity index is 1.62. The monoisotopic (exact) mass is 490 g/mol. The number of ether oxygens (including phenoxy) is 2. The zero-order valence-electron chi connectivity index (χ0n) is 19.9. The van der Waals surface area contributed by atoms with Crippen molar-refractivity contribution in [2.45, 2.75) is 43.9 Å². The standard InChI is InChI=1S/C26H35ClN2O3S/c1-4-5-13-28(15-11-20-7-10-23(31-2)24(18-20)32-3)16-12-26(30)29-14-6-17-33-25-19-21(27)8-9-22(25)29/h7-10,18-19H,4-6,11-17H2,1-3H3. The highest BCUT2D eigenvalue weighted by Gasteiger charge is 2.22. The van der Waals surface area contributed by atoms with Crippen LogP contribution in [0.5, 0.6) is 11.5 Å². The van der Waals surface area contributed by atoms with Gasteiger partial charge < -0.3 is 19.3 Å². The molecule has 2 aromatic rings. The van der Waals surface area contributed by atoms with Gasteiger partial charge in [-0.05, 0) is 67.5 Å². The zero-order chi connectivity index (χ0) is 23.6. The molecule has 0 bridgehead atoms. The fourth-order valence-corrected chi connectivity index (χ4v) is 5.31. The predicted octanol–water partition coefficient (Wildman–Crippen LogP) is 5.92. The molecular formula is C26H35ClN2O3S. The Hall–Kier alpha value is -1.89. The summed E-state index contributed by atoms with van der Waals surface area (Å²) >= 11 is 7.98. The molecule has 0 aromatic heterocycles. The third-order valence-electron chi connectivity index (χ3n) is 5.93. The first-order valence-corrected chi connectivity index (χ1v) is 13.1. The van der Waals surface area contributed by atoms with Crippen LogP contribution in [0.2, 0.25) is 5.02 Å². The van der Waals surface area contributed by atoms with Crippen molar-refractivity contribution in [1.82, 2.24) is 4.90 Å². The molecule has 7 heteroatoms. The Bertz CT molecular complexity index is 924. The highest BCUT2D eigenvalue weighted by atomic mass is 35.5. The van der Waals surface area contributed by atoms with Crippen molar-refractivity contribution in [2.75, 3.05) is 51.1 Å². The van der Waals surface area contributed by atoms with Gasteiger partial charge in [0.25, 0.3) is 0 Å². The van der Waals surface area contributed by atoms with Gasteiger partial charge in [0.05, 0.1) is 19.9 Å². The third-order valence-corrected chi connectivity index (χ3v) is 7.30. The molecule has 3 rings (SSSR count). The highest BCUT2D eigenvalue weighted by molar-refractivity contribution is 7.99. The molecule has 5 nitrogen and oxygen atoms in total. The van der Waals surface area contributed by atoms with Crippen LogP contribution in [0.3, 0.4) is 0 Å². The number of rotatable bonds is 11. The molecule has 180 valence electrons. The number of hydrogen-bond acceptors (Lipinski definition) is 5. The molecule has 33 heavy (non-hydrogen) atoms. The number of anilines is 1. The van der Waals surface area contributed by atoms with Gasteiger partial charge in [0, 0.05) is 36.0 Å². The largest absolute Gasteiger partial charge is 0.493 e. The van der Waals surface area contributed by atoms with Gasteiger partial charge in [-0.25, -0.2) is 0 Å². The minimum Gasteiger partial charge on any atom is -0.493 e. The molecule has 0 atom stereocenters. The maximum absolute atomic E-state index is 13.2. The van der Waals surface area contributed by atoms with Crippen molar-refractivity contribution in [2.24, 2.45) is 0 Å². The van der Waals surface area contributed by atoms with E-state index in [9.17, 15) is 4.79 Å². The van der Waals surface area contributed by atoms with E-state index in [-0.39, 0.29) is 5.91 Å². The van der Waals surface area contributed by atoms with E-state index in [1.165, 1.54) is 5.56 Å². The molecule has 1 amide bonds. The first-order chi connectivity index (χ1) is 16.0. The summed E-state index contributed by atoms with van der Waals surface area (Å²) in [6, 6.07) is 11.9. The normalized spacial score (nSPS) is 13.5. The number of halogens is 1. The van der Waals surface area contributed by atoms with Crippen LogP contribution in [0.4, 0.5) is 5.69 Å². The van der Waals surface area contributed by atoms with Crippen molar-refractivity contribution >= 4 is 35.0 Å². The molecule has 1 aliphatic heterocycles. The van der Waals surface area contributed by atoms with Crippen LogP contribution in [0.25, 0.3) is 0 Å². The van der Waals surface area contributed by atoms with E-state index in [2.05, 4.69) is 17.9 Å². The van der Waals surface area contributed by atoms with E-state index < -0.39 is 0 Å². The van der Waals surface area contributed by atoms with Crippen LogP contribution in [0, 0.1) is 0 Å². The lowest BCUT2D eigenvalue weighted by Crippen LogP contribution is -2.36. The topological polar surface area (TPSA) is 42.0 Å². The quantitative estimate of drug-likeness (QED) is 0.391. The Morgan fingerprint density at radius 2 is 1.91 bits per heavy atom. The number of nitrogens with zero attached hydrogens (tertiary/aromatic N) is 2. The summed E-state index contributed by atoms with van der Waals surface area (Å²) in [6.07, 6.45) is 4.67. The van der Waals surface area contributed by atoms with Gasteiger partial charge in [-0.2, -0.15) is 0 Å². The van der Waals surface area contributed by atoms with E-state index in [0.717, 1.165) is 84.7 Å². The van der Waals surface area contributed by atoms with Crippen molar-refractivity contribution in [3.8, 4) is 11.5 Å². The molecule has 0 radical (unpaired) electrons. The molecule has 1 heterocycles. The molecule has 0 fully saturated rings. The molecule has 0 saturated carbocycles. The summed E-state index contributed by atoms with van der Waals surface area (Å²) in [7, 11) is 3.31. The van der Waals surface area contributed by atoms with Crippen molar-refractivity contribution in [3.05, 3.63) is 47.0 Å². The lowest BCUT2D eigenvalue weighted by Gasteiger charge is -2.26. The number of hydrogen-bond donors (Lipinski definition) is 0. The van der Waals surface area contributed by atoms with Crippen molar-refractivity contribution in [3.63, 3.8) is 0 Å². The Labute approximate surface area is 207 Å². The van der Waals surface area contributed by atoms with Crippen molar-refractivity contribution < 1.29 is 14.3 Å². The smallest absolute Gasteiger partial charge is 0.228 e. The van der Waals surface area contributed by atoms with Gasteiger partial charge in [-0.3, -0.25) is 4.79 Å². The van der Waals surface area contributed by atoms with E-state index in [1.54, 1.807) is 26.0 Å². The Morgan fingerprint density at radius 1 is 1.09 bits per heavy atom. The Morgan fingerprint density at radius 3 is 2.67 bits per heavy atom. The predicted molar refractivity (Wildman–Crippen MR) is 138 cm³/mol. The number of amides is 1. The molecule has 0 N–H and O–H groups in total. The summed E-state index contributed by atoms with van der Waals surface area (Å²) in [4.78, 5) is 18.7. The molecule has 0 spiro atoms. The van der Waals surface area contributed by atoms with E-state index in [1.807, 2.05) is 35.2 Å². The Kier molecular flexibility index (Phi) is 10.2. The van der Waals surface area contributed by atoms with Gasteiger partial charge in [0.15, 0.2) is 11.5 Å². The van der Waals surface area contributed by atoms with Crippen molar-refractivity contribution in [1.29, 1.82) is 0 Å².